The van der Waals surface area contributed by atoms with E-state index in [1.807, 2.05) is 6.92 Å². The number of rotatable bonds is 5. The van der Waals surface area contributed by atoms with Crippen LogP contribution in [-0.4, -0.2) is 53.9 Å². The Morgan fingerprint density at radius 2 is 2.12 bits per heavy atom. The first kappa shape index (κ1) is 14.4. The van der Waals surface area contributed by atoms with E-state index < -0.39 is 11.5 Å². The Balaban J connectivity index is 2.44. The molecular weight excluding hydrogens is 220 g/mol. The lowest BCUT2D eigenvalue weighted by Gasteiger charge is -2.37. The standard InChI is InChI=1S/C12H24N2O3/c1-9(8-12(2,13)11(15)16)14-6-4-10(17-3)5-7-14/h9-10H,4-8,13H2,1-3H3,(H,15,16). The Kier molecular flexibility index (Phi) is 4.91. The number of carbonyl (C=O) groups is 1. The first-order valence-corrected chi connectivity index (χ1v) is 6.16. The topological polar surface area (TPSA) is 75.8 Å². The van der Waals surface area contributed by atoms with Gasteiger partial charge in [0.05, 0.1) is 6.10 Å². The van der Waals surface area contributed by atoms with Crippen LogP contribution in [0.1, 0.15) is 33.1 Å². The van der Waals surface area contributed by atoms with Crippen molar-refractivity contribution in [1.29, 1.82) is 0 Å². The molecule has 0 aromatic rings. The van der Waals surface area contributed by atoms with E-state index in [-0.39, 0.29) is 6.04 Å². The average molecular weight is 244 g/mol. The highest BCUT2D eigenvalue weighted by Gasteiger charge is 2.33. The van der Waals surface area contributed by atoms with Gasteiger partial charge in [0, 0.05) is 26.2 Å². The van der Waals surface area contributed by atoms with Gasteiger partial charge in [-0.05, 0) is 33.1 Å². The van der Waals surface area contributed by atoms with Crippen LogP contribution in [0.15, 0.2) is 0 Å². The van der Waals surface area contributed by atoms with E-state index >= 15 is 0 Å². The number of nitrogens with zero attached hydrogens (tertiary/aromatic N) is 1. The number of ether oxygens (including phenoxy) is 1. The molecule has 0 amide bonds. The van der Waals surface area contributed by atoms with Crippen molar-refractivity contribution in [3.05, 3.63) is 0 Å². The van der Waals surface area contributed by atoms with Gasteiger partial charge in [0.25, 0.3) is 0 Å². The minimum absolute atomic E-state index is 0.193. The maximum absolute atomic E-state index is 11.0. The Morgan fingerprint density at radius 1 is 1.59 bits per heavy atom. The summed E-state index contributed by atoms with van der Waals surface area (Å²) in [6.45, 7) is 5.53. The third-order valence-electron chi connectivity index (χ3n) is 3.64. The molecule has 1 rings (SSSR count). The number of methoxy groups -OCH3 is 1. The van der Waals surface area contributed by atoms with Gasteiger partial charge in [-0.1, -0.05) is 0 Å². The van der Waals surface area contributed by atoms with Crippen molar-refractivity contribution in [2.45, 2.75) is 50.8 Å². The van der Waals surface area contributed by atoms with Gasteiger partial charge in [0.1, 0.15) is 5.54 Å². The molecule has 5 heteroatoms. The molecule has 0 aromatic carbocycles. The van der Waals surface area contributed by atoms with Crippen molar-refractivity contribution < 1.29 is 14.6 Å². The summed E-state index contributed by atoms with van der Waals surface area (Å²) in [6.07, 6.45) is 2.84. The van der Waals surface area contributed by atoms with Gasteiger partial charge >= 0.3 is 5.97 Å². The minimum atomic E-state index is -1.14. The summed E-state index contributed by atoms with van der Waals surface area (Å²) < 4.78 is 5.31. The van der Waals surface area contributed by atoms with E-state index in [4.69, 9.17) is 15.6 Å². The van der Waals surface area contributed by atoms with E-state index in [0.717, 1.165) is 25.9 Å². The molecular formula is C12H24N2O3. The largest absolute Gasteiger partial charge is 0.480 e. The van der Waals surface area contributed by atoms with Crippen molar-refractivity contribution in [2.24, 2.45) is 5.73 Å². The summed E-state index contributed by atoms with van der Waals surface area (Å²) >= 11 is 0. The summed E-state index contributed by atoms with van der Waals surface area (Å²) in [5.74, 6) is -0.934. The lowest BCUT2D eigenvalue weighted by atomic mass is 9.93. The summed E-state index contributed by atoms with van der Waals surface area (Å²) in [5, 5.41) is 9.01. The third kappa shape index (κ3) is 3.94. The van der Waals surface area contributed by atoms with Crippen LogP contribution in [0.25, 0.3) is 0 Å². The van der Waals surface area contributed by atoms with Crippen molar-refractivity contribution in [3.63, 3.8) is 0 Å². The molecule has 1 aliphatic rings. The molecule has 0 saturated carbocycles. The number of nitrogens with two attached hydrogens (primary N) is 1. The molecule has 2 atom stereocenters. The predicted molar refractivity (Wildman–Crippen MR) is 65.9 cm³/mol. The Hall–Kier alpha value is -0.650. The van der Waals surface area contributed by atoms with Crippen LogP contribution in [-0.2, 0) is 9.53 Å². The smallest absolute Gasteiger partial charge is 0.323 e. The lowest BCUT2D eigenvalue weighted by molar-refractivity contribution is -0.143. The first-order valence-electron chi connectivity index (χ1n) is 6.16. The number of aliphatic carboxylic acids is 1. The number of carboxylic acid groups (broad SMARTS) is 1. The van der Waals surface area contributed by atoms with E-state index in [0.29, 0.717) is 12.5 Å². The fraction of sp³-hybridized carbons (Fsp3) is 0.917. The van der Waals surface area contributed by atoms with Gasteiger partial charge in [0.2, 0.25) is 0 Å². The van der Waals surface area contributed by atoms with Crippen LogP contribution in [0.2, 0.25) is 0 Å². The summed E-state index contributed by atoms with van der Waals surface area (Å²) in [7, 11) is 1.74. The minimum Gasteiger partial charge on any atom is -0.480 e. The quantitative estimate of drug-likeness (QED) is 0.743. The molecule has 0 bridgehead atoms. The molecule has 0 spiro atoms. The summed E-state index contributed by atoms with van der Waals surface area (Å²) in [5.41, 5.74) is 4.63. The highest BCUT2D eigenvalue weighted by molar-refractivity contribution is 5.77. The van der Waals surface area contributed by atoms with E-state index in [9.17, 15) is 4.79 Å². The van der Waals surface area contributed by atoms with Gasteiger partial charge in [-0.2, -0.15) is 0 Å². The number of piperidine rings is 1. The fourth-order valence-corrected chi connectivity index (χ4v) is 2.38. The second-order valence-corrected chi connectivity index (χ2v) is 5.25. The van der Waals surface area contributed by atoms with Gasteiger partial charge in [-0.3, -0.25) is 4.79 Å². The summed E-state index contributed by atoms with van der Waals surface area (Å²) in [4.78, 5) is 13.3. The van der Waals surface area contributed by atoms with E-state index in [2.05, 4.69) is 4.90 Å². The van der Waals surface area contributed by atoms with Gasteiger partial charge in [-0.15, -0.1) is 0 Å². The molecule has 0 aliphatic carbocycles. The van der Waals surface area contributed by atoms with Crippen LogP contribution in [0, 0.1) is 0 Å². The average Bonchev–Trinajstić information content (AvgIpc) is 2.28. The molecule has 1 aliphatic heterocycles. The number of hydrogen-bond acceptors (Lipinski definition) is 4. The van der Waals surface area contributed by atoms with Gasteiger partial charge in [0.15, 0.2) is 0 Å². The maximum atomic E-state index is 11.0. The van der Waals surface area contributed by atoms with Crippen LogP contribution in [0.4, 0.5) is 0 Å². The third-order valence-corrected chi connectivity index (χ3v) is 3.64. The predicted octanol–water partition coefficient (Wildman–Crippen LogP) is 0.678. The molecule has 100 valence electrons. The van der Waals surface area contributed by atoms with Crippen molar-refractivity contribution >= 4 is 5.97 Å². The van der Waals surface area contributed by atoms with Crippen molar-refractivity contribution in [3.8, 4) is 0 Å². The molecule has 1 fully saturated rings. The summed E-state index contributed by atoms with van der Waals surface area (Å²) in [6, 6.07) is 0.193. The monoisotopic (exact) mass is 244 g/mol. The van der Waals surface area contributed by atoms with Crippen LogP contribution in [0.5, 0.6) is 0 Å². The van der Waals surface area contributed by atoms with Crippen molar-refractivity contribution in [1.82, 2.24) is 4.90 Å². The SMILES string of the molecule is COC1CCN(C(C)CC(C)(N)C(=O)O)CC1. The highest BCUT2D eigenvalue weighted by atomic mass is 16.5. The zero-order valence-electron chi connectivity index (χ0n) is 11.0. The zero-order chi connectivity index (χ0) is 13.1. The van der Waals surface area contributed by atoms with E-state index in [1.54, 1.807) is 14.0 Å². The Labute approximate surface area is 103 Å². The van der Waals surface area contributed by atoms with Crippen LogP contribution >= 0.6 is 0 Å². The number of hydrogen-bond donors (Lipinski definition) is 2. The van der Waals surface area contributed by atoms with Crippen LogP contribution < -0.4 is 5.73 Å². The highest BCUT2D eigenvalue weighted by Crippen LogP contribution is 2.20. The molecule has 17 heavy (non-hydrogen) atoms. The van der Waals surface area contributed by atoms with Gasteiger partial charge in [-0.25, -0.2) is 0 Å². The zero-order valence-corrected chi connectivity index (χ0v) is 11.0. The Bertz CT molecular complexity index is 260. The lowest BCUT2D eigenvalue weighted by Crippen LogP contribution is -2.51. The molecule has 1 saturated heterocycles. The molecule has 1 heterocycles. The van der Waals surface area contributed by atoms with Crippen LogP contribution in [0.3, 0.4) is 0 Å². The fourth-order valence-electron chi connectivity index (χ4n) is 2.38. The molecule has 2 unspecified atom stereocenters. The second kappa shape index (κ2) is 5.80. The molecule has 5 nitrogen and oxygen atoms in total. The normalized spacial score (nSPS) is 24.2. The van der Waals surface area contributed by atoms with E-state index in [1.165, 1.54) is 0 Å². The number of likely N-dealkylation sites (tertiary alicyclic amines) is 1. The number of carboxylic acids is 1. The molecule has 0 aromatic heterocycles. The van der Waals surface area contributed by atoms with Gasteiger partial charge < -0.3 is 20.5 Å². The molecule has 0 radical (unpaired) electrons. The van der Waals surface area contributed by atoms with Crippen molar-refractivity contribution in [2.75, 3.05) is 20.2 Å². The Morgan fingerprint density at radius 3 is 2.53 bits per heavy atom. The maximum Gasteiger partial charge on any atom is 0.323 e. The molecule has 3 N–H and O–H groups in total. The second-order valence-electron chi connectivity index (χ2n) is 5.25. The first-order chi connectivity index (χ1) is 7.86.